The number of hydrogen-bond acceptors (Lipinski definition) is 5. The number of aryl methyl sites for hydroxylation is 1. The van der Waals surface area contributed by atoms with Crippen molar-refractivity contribution < 1.29 is 14.3 Å². The number of carbonyl (C=O) groups is 2. The van der Waals surface area contributed by atoms with Gasteiger partial charge in [0.25, 0.3) is 0 Å². The average Bonchev–Trinajstić information content (AvgIpc) is 3.04. The highest BCUT2D eigenvalue weighted by atomic mass is 32.2. The third kappa shape index (κ3) is 5.03. The van der Waals surface area contributed by atoms with E-state index in [-0.39, 0.29) is 12.4 Å². The molecule has 0 N–H and O–H groups in total. The number of Topliss-reactive ketones (excluding diaryl/α,β-unsaturated/α-hetero) is 1. The third-order valence-electron chi connectivity index (χ3n) is 4.49. The van der Waals surface area contributed by atoms with E-state index in [0.717, 1.165) is 27.5 Å². The Labute approximate surface area is 174 Å². The van der Waals surface area contributed by atoms with Crippen LogP contribution in [-0.4, -0.2) is 34.4 Å². The van der Waals surface area contributed by atoms with Crippen molar-refractivity contribution in [3.63, 3.8) is 0 Å². The van der Waals surface area contributed by atoms with Crippen LogP contribution in [0.5, 0.6) is 0 Å². The molecule has 0 radical (unpaired) electrons. The van der Waals surface area contributed by atoms with Gasteiger partial charge in [0.05, 0.1) is 11.4 Å². The Hall–Kier alpha value is -3.12. The van der Waals surface area contributed by atoms with Crippen LogP contribution in [0.15, 0.2) is 65.6 Å². The lowest BCUT2D eigenvalue weighted by Crippen LogP contribution is -2.12. The lowest BCUT2D eigenvalue weighted by molar-refractivity contribution is -0.136. The second-order valence-corrected chi connectivity index (χ2v) is 7.30. The molecule has 0 amide bonds. The van der Waals surface area contributed by atoms with E-state index in [1.54, 1.807) is 30.0 Å². The van der Waals surface area contributed by atoms with E-state index in [1.807, 2.05) is 67.2 Å². The molecule has 6 heteroatoms. The molecule has 0 saturated heterocycles. The van der Waals surface area contributed by atoms with Gasteiger partial charge in [-0.2, -0.15) is 5.10 Å². The maximum Gasteiger partial charge on any atom is 0.331 e. The molecule has 3 aromatic rings. The fraction of sp³-hybridized carbons (Fsp3) is 0.174. The van der Waals surface area contributed by atoms with Crippen LogP contribution in [0.3, 0.4) is 0 Å². The standard InChI is InChI=1S/C23H22N2O3S/c1-16-21(17(2)25(24-16)19-7-5-4-6-8-19)13-14-23(27)28-15-22(26)18-9-11-20(29-3)12-10-18/h4-14H,15H2,1-3H3/b14-13+. The number of esters is 1. The van der Waals surface area contributed by atoms with E-state index < -0.39 is 5.97 Å². The van der Waals surface area contributed by atoms with Crippen molar-refractivity contribution in [2.45, 2.75) is 18.7 Å². The maximum absolute atomic E-state index is 12.2. The Kier molecular flexibility index (Phi) is 6.67. The number of ether oxygens (including phenoxy) is 1. The molecule has 1 aromatic heterocycles. The normalized spacial score (nSPS) is 11.0. The number of benzene rings is 2. The highest BCUT2D eigenvalue weighted by Crippen LogP contribution is 2.19. The number of rotatable bonds is 7. The summed E-state index contributed by atoms with van der Waals surface area (Å²) in [4.78, 5) is 25.3. The van der Waals surface area contributed by atoms with E-state index in [0.29, 0.717) is 5.56 Å². The Morgan fingerprint density at radius 1 is 1.07 bits per heavy atom. The monoisotopic (exact) mass is 406 g/mol. The van der Waals surface area contributed by atoms with Crippen LogP contribution in [0.25, 0.3) is 11.8 Å². The molecule has 0 fully saturated rings. The fourth-order valence-electron chi connectivity index (χ4n) is 2.91. The van der Waals surface area contributed by atoms with Gasteiger partial charge in [-0.3, -0.25) is 4.79 Å². The van der Waals surface area contributed by atoms with Crippen LogP contribution in [0.4, 0.5) is 0 Å². The smallest absolute Gasteiger partial charge is 0.331 e. The van der Waals surface area contributed by atoms with Gasteiger partial charge < -0.3 is 4.74 Å². The highest BCUT2D eigenvalue weighted by molar-refractivity contribution is 7.98. The van der Waals surface area contributed by atoms with Crippen molar-refractivity contribution in [3.8, 4) is 5.69 Å². The molecule has 0 spiro atoms. The summed E-state index contributed by atoms with van der Waals surface area (Å²) in [7, 11) is 0. The molecule has 0 aliphatic carbocycles. The Bertz CT molecular complexity index is 1040. The summed E-state index contributed by atoms with van der Waals surface area (Å²) in [6.45, 7) is 3.54. The molecule has 0 unspecified atom stereocenters. The number of ketones is 1. The van der Waals surface area contributed by atoms with E-state index in [2.05, 4.69) is 5.10 Å². The molecule has 0 aliphatic rings. The number of aromatic nitrogens is 2. The van der Waals surface area contributed by atoms with E-state index in [4.69, 9.17) is 4.74 Å². The van der Waals surface area contributed by atoms with Crippen molar-refractivity contribution >= 4 is 29.6 Å². The van der Waals surface area contributed by atoms with Gasteiger partial charge in [-0.25, -0.2) is 9.48 Å². The number of carbonyl (C=O) groups excluding carboxylic acids is 2. The Morgan fingerprint density at radius 3 is 2.41 bits per heavy atom. The summed E-state index contributed by atoms with van der Waals surface area (Å²) in [5, 5.41) is 4.54. The minimum absolute atomic E-state index is 0.233. The highest BCUT2D eigenvalue weighted by Gasteiger charge is 2.12. The second kappa shape index (κ2) is 9.39. The summed E-state index contributed by atoms with van der Waals surface area (Å²) in [6, 6.07) is 17.0. The maximum atomic E-state index is 12.2. The molecule has 1 heterocycles. The van der Waals surface area contributed by atoms with Crippen LogP contribution in [0.2, 0.25) is 0 Å². The topological polar surface area (TPSA) is 61.2 Å². The number of para-hydroxylation sites is 1. The van der Waals surface area contributed by atoms with Gasteiger partial charge in [0, 0.05) is 27.8 Å². The molecular formula is C23H22N2O3S. The van der Waals surface area contributed by atoms with Crippen LogP contribution >= 0.6 is 11.8 Å². The van der Waals surface area contributed by atoms with Gasteiger partial charge in [0.1, 0.15) is 0 Å². The van der Waals surface area contributed by atoms with Crippen LogP contribution < -0.4 is 0 Å². The van der Waals surface area contributed by atoms with E-state index >= 15 is 0 Å². The predicted octanol–water partition coefficient (Wildman–Crippen LogP) is 4.65. The van der Waals surface area contributed by atoms with Gasteiger partial charge in [0.2, 0.25) is 0 Å². The third-order valence-corrected chi connectivity index (χ3v) is 5.24. The zero-order valence-corrected chi connectivity index (χ0v) is 17.4. The van der Waals surface area contributed by atoms with Gasteiger partial charge in [0.15, 0.2) is 12.4 Å². The Morgan fingerprint density at radius 2 is 1.76 bits per heavy atom. The SMILES string of the molecule is CSc1ccc(C(=O)COC(=O)/C=C/c2c(C)nn(-c3ccccc3)c2C)cc1. The Balaban J connectivity index is 1.63. The van der Waals surface area contributed by atoms with Gasteiger partial charge in [-0.05, 0) is 50.4 Å². The molecule has 2 aromatic carbocycles. The van der Waals surface area contributed by atoms with Crippen LogP contribution in [-0.2, 0) is 9.53 Å². The van der Waals surface area contributed by atoms with Crippen molar-refractivity contribution in [1.29, 1.82) is 0 Å². The van der Waals surface area contributed by atoms with Crippen molar-refractivity contribution in [3.05, 3.63) is 83.2 Å². The molecule has 148 valence electrons. The molecule has 3 rings (SSSR count). The van der Waals surface area contributed by atoms with Gasteiger partial charge >= 0.3 is 5.97 Å². The average molecular weight is 407 g/mol. The zero-order valence-electron chi connectivity index (χ0n) is 16.6. The first-order chi connectivity index (χ1) is 14.0. The lowest BCUT2D eigenvalue weighted by Gasteiger charge is -2.04. The van der Waals surface area contributed by atoms with Crippen molar-refractivity contribution in [1.82, 2.24) is 9.78 Å². The fourth-order valence-corrected chi connectivity index (χ4v) is 3.32. The largest absolute Gasteiger partial charge is 0.454 e. The number of thioether (sulfide) groups is 1. The first kappa shape index (κ1) is 20.6. The number of nitrogens with zero attached hydrogens (tertiary/aromatic N) is 2. The predicted molar refractivity (Wildman–Crippen MR) is 116 cm³/mol. The van der Waals surface area contributed by atoms with Crippen LogP contribution in [0.1, 0.15) is 27.3 Å². The molecule has 0 aliphatic heterocycles. The first-order valence-corrected chi connectivity index (χ1v) is 10.4. The van der Waals surface area contributed by atoms with Crippen LogP contribution in [0, 0.1) is 13.8 Å². The molecule has 5 nitrogen and oxygen atoms in total. The summed E-state index contributed by atoms with van der Waals surface area (Å²) >= 11 is 1.60. The summed E-state index contributed by atoms with van der Waals surface area (Å²) in [5.74, 6) is -0.797. The lowest BCUT2D eigenvalue weighted by atomic mass is 10.1. The van der Waals surface area contributed by atoms with Gasteiger partial charge in [-0.1, -0.05) is 30.3 Å². The number of hydrogen-bond donors (Lipinski definition) is 0. The summed E-state index contributed by atoms with van der Waals surface area (Å²) in [6.07, 6.45) is 4.98. The quantitative estimate of drug-likeness (QED) is 0.247. The van der Waals surface area contributed by atoms with Crippen molar-refractivity contribution in [2.24, 2.45) is 0 Å². The van der Waals surface area contributed by atoms with E-state index in [1.165, 1.54) is 6.08 Å². The van der Waals surface area contributed by atoms with Crippen molar-refractivity contribution in [2.75, 3.05) is 12.9 Å². The summed E-state index contributed by atoms with van der Waals surface area (Å²) < 4.78 is 6.94. The first-order valence-electron chi connectivity index (χ1n) is 9.13. The molecule has 29 heavy (non-hydrogen) atoms. The van der Waals surface area contributed by atoms with Gasteiger partial charge in [-0.15, -0.1) is 11.8 Å². The molecular weight excluding hydrogens is 384 g/mol. The summed E-state index contributed by atoms with van der Waals surface area (Å²) in [5.41, 5.74) is 4.05. The minimum atomic E-state index is -0.564. The minimum Gasteiger partial charge on any atom is -0.454 e. The zero-order chi connectivity index (χ0) is 20.8. The molecule has 0 saturated carbocycles. The molecule has 0 atom stereocenters. The molecule has 0 bridgehead atoms. The van der Waals surface area contributed by atoms with E-state index in [9.17, 15) is 9.59 Å². The second-order valence-electron chi connectivity index (χ2n) is 6.42.